The van der Waals surface area contributed by atoms with E-state index in [1.54, 1.807) is 0 Å². The molecule has 0 aromatic carbocycles. The second kappa shape index (κ2) is 8.51. The van der Waals surface area contributed by atoms with E-state index in [4.69, 9.17) is 11.6 Å². The van der Waals surface area contributed by atoms with Gasteiger partial charge >= 0.3 is 0 Å². The SMILES string of the molecule is CC(C)CC(CCl)NCCCN(C)C. The Morgan fingerprint density at radius 3 is 2.36 bits per heavy atom. The zero-order chi connectivity index (χ0) is 11.0. The number of nitrogens with one attached hydrogen (secondary N) is 1. The highest BCUT2D eigenvalue weighted by Crippen LogP contribution is 2.05. The fraction of sp³-hybridized carbons (Fsp3) is 1.00. The average molecular weight is 221 g/mol. The molecule has 1 unspecified atom stereocenters. The smallest absolute Gasteiger partial charge is 0.0377 e. The lowest BCUT2D eigenvalue weighted by atomic mass is 10.1. The minimum atomic E-state index is 0.485. The van der Waals surface area contributed by atoms with Crippen LogP contribution in [0.2, 0.25) is 0 Å². The van der Waals surface area contributed by atoms with Gasteiger partial charge in [-0.05, 0) is 45.9 Å². The molecule has 1 atom stereocenters. The summed E-state index contributed by atoms with van der Waals surface area (Å²) in [5.41, 5.74) is 0. The van der Waals surface area contributed by atoms with Gasteiger partial charge in [0.05, 0.1) is 0 Å². The molecule has 1 N–H and O–H groups in total. The van der Waals surface area contributed by atoms with Gasteiger partial charge in [-0.1, -0.05) is 13.8 Å². The number of halogens is 1. The van der Waals surface area contributed by atoms with Gasteiger partial charge in [0, 0.05) is 11.9 Å². The minimum Gasteiger partial charge on any atom is -0.313 e. The summed E-state index contributed by atoms with van der Waals surface area (Å²) >= 11 is 5.88. The van der Waals surface area contributed by atoms with Gasteiger partial charge in [-0.3, -0.25) is 0 Å². The molecule has 0 aliphatic heterocycles. The van der Waals surface area contributed by atoms with Gasteiger partial charge in [0.25, 0.3) is 0 Å². The standard InChI is InChI=1S/C11H25ClN2/c1-10(2)8-11(9-12)13-6-5-7-14(3)4/h10-11,13H,5-9H2,1-4H3. The first-order valence-corrected chi connectivity index (χ1v) is 6.03. The molecule has 0 aliphatic rings. The van der Waals surface area contributed by atoms with E-state index in [-0.39, 0.29) is 0 Å². The zero-order valence-corrected chi connectivity index (χ0v) is 10.8. The van der Waals surface area contributed by atoms with Gasteiger partial charge in [0.15, 0.2) is 0 Å². The highest BCUT2D eigenvalue weighted by molar-refractivity contribution is 6.18. The Balaban J connectivity index is 3.43. The molecule has 0 saturated carbocycles. The van der Waals surface area contributed by atoms with Gasteiger partial charge in [0.1, 0.15) is 0 Å². The molecule has 0 aromatic heterocycles. The molecule has 0 saturated heterocycles. The topological polar surface area (TPSA) is 15.3 Å². The van der Waals surface area contributed by atoms with Crippen LogP contribution in [0.1, 0.15) is 26.7 Å². The van der Waals surface area contributed by atoms with Crippen LogP contribution in [0.3, 0.4) is 0 Å². The van der Waals surface area contributed by atoms with Crippen molar-refractivity contribution in [2.24, 2.45) is 5.92 Å². The van der Waals surface area contributed by atoms with E-state index in [0.717, 1.165) is 24.9 Å². The first kappa shape index (κ1) is 14.2. The lowest BCUT2D eigenvalue weighted by Gasteiger charge is -2.18. The normalized spacial score (nSPS) is 13.9. The first-order valence-electron chi connectivity index (χ1n) is 5.50. The Labute approximate surface area is 94.0 Å². The molecule has 2 nitrogen and oxygen atoms in total. The van der Waals surface area contributed by atoms with Crippen molar-refractivity contribution in [1.29, 1.82) is 0 Å². The molecule has 0 bridgehead atoms. The van der Waals surface area contributed by atoms with Crippen molar-refractivity contribution >= 4 is 11.6 Å². The minimum absolute atomic E-state index is 0.485. The van der Waals surface area contributed by atoms with Gasteiger partial charge < -0.3 is 10.2 Å². The fourth-order valence-electron chi connectivity index (χ4n) is 1.47. The summed E-state index contributed by atoms with van der Waals surface area (Å²) < 4.78 is 0. The molecule has 0 amide bonds. The van der Waals surface area contributed by atoms with Crippen molar-refractivity contribution in [1.82, 2.24) is 10.2 Å². The summed E-state index contributed by atoms with van der Waals surface area (Å²) in [6.45, 7) is 6.69. The van der Waals surface area contributed by atoms with Crippen LogP contribution >= 0.6 is 11.6 Å². The third-order valence-corrected chi connectivity index (χ3v) is 2.53. The van der Waals surface area contributed by atoms with Crippen molar-refractivity contribution in [3.8, 4) is 0 Å². The van der Waals surface area contributed by atoms with Crippen molar-refractivity contribution < 1.29 is 0 Å². The van der Waals surface area contributed by atoms with Crippen LogP contribution in [-0.2, 0) is 0 Å². The first-order chi connectivity index (χ1) is 6.56. The Hall–Kier alpha value is 0.210. The predicted molar refractivity (Wildman–Crippen MR) is 65.1 cm³/mol. The third-order valence-electron chi connectivity index (χ3n) is 2.16. The lowest BCUT2D eigenvalue weighted by molar-refractivity contribution is 0.378. The Bertz CT molecular complexity index is 126. The number of nitrogens with zero attached hydrogens (tertiary/aromatic N) is 1. The molecule has 0 radical (unpaired) electrons. The molecule has 0 aromatic rings. The second-order valence-corrected chi connectivity index (χ2v) is 4.90. The van der Waals surface area contributed by atoms with Crippen LogP contribution in [0.4, 0.5) is 0 Å². The number of hydrogen-bond acceptors (Lipinski definition) is 2. The maximum absolute atomic E-state index is 5.88. The molecular formula is C11H25ClN2. The molecular weight excluding hydrogens is 196 g/mol. The van der Waals surface area contributed by atoms with E-state index in [1.807, 2.05) is 0 Å². The molecule has 0 aliphatic carbocycles. The van der Waals surface area contributed by atoms with Gasteiger partial charge in [0.2, 0.25) is 0 Å². The molecule has 14 heavy (non-hydrogen) atoms. The summed E-state index contributed by atoms with van der Waals surface area (Å²) in [5, 5.41) is 3.50. The van der Waals surface area contributed by atoms with Crippen LogP contribution in [0.15, 0.2) is 0 Å². The molecule has 0 spiro atoms. The summed E-state index contributed by atoms with van der Waals surface area (Å²) in [5.74, 6) is 1.44. The summed E-state index contributed by atoms with van der Waals surface area (Å²) in [7, 11) is 4.21. The number of alkyl halides is 1. The van der Waals surface area contributed by atoms with E-state index >= 15 is 0 Å². The van der Waals surface area contributed by atoms with Gasteiger partial charge in [-0.2, -0.15) is 0 Å². The van der Waals surface area contributed by atoms with E-state index in [9.17, 15) is 0 Å². The molecule has 0 fully saturated rings. The van der Waals surface area contributed by atoms with E-state index in [0.29, 0.717) is 6.04 Å². The molecule has 3 heteroatoms. The van der Waals surface area contributed by atoms with E-state index in [2.05, 4.69) is 38.2 Å². The monoisotopic (exact) mass is 220 g/mol. The van der Waals surface area contributed by atoms with Crippen LogP contribution in [0, 0.1) is 5.92 Å². The molecule has 86 valence electrons. The third kappa shape index (κ3) is 8.79. The fourth-order valence-corrected chi connectivity index (χ4v) is 1.71. The molecule has 0 rings (SSSR count). The van der Waals surface area contributed by atoms with Crippen LogP contribution in [-0.4, -0.2) is 44.0 Å². The molecule has 0 heterocycles. The zero-order valence-electron chi connectivity index (χ0n) is 10.0. The van der Waals surface area contributed by atoms with Gasteiger partial charge in [-0.15, -0.1) is 11.6 Å². The predicted octanol–water partition coefficient (Wildman–Crippen LogP) is 2.18. The van der Waals surface area contributed by atoms with Gasteiger partial charge in [-0.25, -0.2) is 0 Å². The summed E-state index contributed by atoms with van der Waals surface area (Å²) in [4.78, 5) is 2.21. The lowest BCUT2D eigenvalue weighted by Crippen LogP contribution is -2.34. The number of hydrogen-bond donors (Lipinski definition) is 1. The maximum Gasteiger partial charge on any atom is 0.0377 e. The second-order valence-electron chi connectivity index (χ2n) is 4.59. The van der Waals surface area contributed by atoms with E-state index in [1.165, 1.54) is 12.8 Å². The Morgan fingerprint density at radius 2 is 1.93 bits per heavy atom. The highest BCUT2D eigenvalue weighted by Gasteiger charge is 2.07. The van der Waals surface area contributed by atoms with Crippen LogP contribution in [0.25, 0.3) is 0 Å². The van der Waals surface area contributed by atoms with Crippen molar-refractivity contribution in [2.75, 3.05) is 33.1 Å². The average Bonchev–Trinajstić information content (AvgIpc) is 2.09. The Morgan fingerprint density at radius 1 is 1.29 bits per heavy atom. The van der Waals surface area contributed by atoms with Crippen molar-refractivity contribution in [3.63, 3.8) is 0 Å². The quantitative estimate of drug-likeness (QED) is 0.499. The maximum atomic E-state index is 5.88. The van der Waals surface area contributed by atoms with Crippen molar-refractivity contribution in [3.05, 3.63) is 0 Å². The number of rotatable bonds is 8. The highest BCUT2D eigenvalue weighted by atomic mass is 35.5. The summed E-state index contributed by atoms with van der Waals surface area (Å²) in [6.07, 6.45) is 2.37. The van der Waals surface area contributed by atoms with E-state index < -0.39 is 0 Å². The van der Waals surface area contributed by atoms with Crippen LogP contribution < -0.4 is 5.32 Å². The van der Waals surface area contributed by atoms with Crippen molar-refractivity contribution in [2.45, 2.75) is 32.7 Å². The largest absolute Gasteiger partial charge is 0.313 e. The Kier molecular flexibility index (Phi) is 8.64. The summed E-state index contributed by atoms with van der Waals surface area (Å²) in [6, 6.07) is 0.485. The van der Waals surface area contributed by atoms with Crippen LogP contribution in [0.5, 0.6) is 0 Å².